The lowest BCUT2D eigenvalue weighted by molar-refractivity contribution is -0.154. The molecule has 0 fully saturated rings. The van der Waals surface area contributed by atoms with E-state index in [1.807, 2.05) is 0 Å². The van der Waals surface area contributed by atoms with Crippen LogP contribution in [0.1, 0.15) is 4.88 Å². The van der Waals surface area contributed by atoms with Gasteiger partial charge in [-0.25, -0.2) is 0 Å². The predicted octanol–water partition coefficient (Wildman–Crippen LogP) is 2.44. The van der Waals surface area contributed by atoms with Crippen molar-refractivity contribution >= 4 is 11.3 Å². The number of thiophene rings is 1. The van der Waals surface area contributed by atoms with Crippen LogP contribution in [0.3, 0.4) is 0 Å². The van der Waals surface area contributed by atoms with Gasteiger partial charge in [0.1, 0.15) is 6.04 Å². The Labute approximate surface area is 78.6 Å². The second kappa shape index (κ2) is 4.11. The summed E-state index contributed by atoms with van der Waals surface area (Å²) in [5.74, 6) is 0. The van der Waals surface area contributed by atoms with Crippen molar-refractivity contribution in [3.05, 3.63) is 22.4 Å². The zero-order valence-corrected chi connectivity index (χ0v) is 7.88. The molecule has 1 unspecified atom stereocenters. The van der Waals surface area contributed by atoms with Gasteiger partial charge in [0, 0.05) is 11.3 Å². The Bertz CT molecular complexity index is 242. The van der Waals surface area contributed by atoms with Crippen molar-refractivity contribution in [2.75, 3.05) is 7.05 Å². The van der Waals surface area contributed by atoms with E-state index in [4.69, 9.17) is 0 Å². The molecule has 13 heavy (non-hydrogen) atoms. The summed E-state index contributed by atoms with van der Waals surface area (Å²) in [6.07, 6.45) is -4.16. The van der Waals surface area contributed by atoms with Crippen LogP contribution in [0.4, 0.5) is 13.2 Å². The normalized spacial score (nSPS) is 14.5. The van der Waals surface area contributed by atoms with E-state index in [-0.39, 0.29) is 6.42 Å². The first-order valence-corrected chi connectivity index (χ1v) is 4.68. The molecule has 0 aliphatic heterocycles. The number of alkyl halides is 3. The highest BCUT2D eigenvalue weighted by molar-refractivity contribution is 7.09. The minimum Gasteiger partial charge on any atom is -0.309 e. The van der Waals surface area contributed by atoms with Gasteiger partial charge in [-0.2, -0.15) is 13.2 Å². The molecule has 0 aromatic carbocycles. The summed E-state index contributed by atoms with van der Waals surface area (Å²) >= 11 is 1.34. The quantitative estimate of drug-likeness (QED) is 0.806. The average Bonchev–Trinajstić information content (AvgIpc) is 2.49. The number of halogens is 3. The lowest BCUT2D eigenvalue weighted by Gasteiger charge is -2.18. The highest BCUT2D eigenvalue weighted by Crippen LogP contribution is 2.24. The zero-order chi connectivity index (χ0) is 9.90. The van der Waals surface area contributed by atoms with E-state index in [0.29, 0.717) is 0 Å². The zero-order valence-electron chi connectivity index (χ0n) is 7.06. The molecule has 1 atom stereocenters. The van der Waals surface area contributed by atoms with Crippen LogP contribution in [0.25, 0.3) is 0 Å². The number of likely N-dealkylation sites (N-methyl/N-ethyl adjacent to an activating group) is 1. The Morgan fingerprint density at radius 1 is 1.54 bits per heavy atom. The Hall–Kier alpha value is -0.550. The molecule has 0 radical (unpaired) electrons. The van der Waals surface area contributed by atoms with Crippen molar-refractivity contribution in [3.8, 4) is 0 Å². The maximum atomic E-state index is 12.3. The lowest BCUT2D eigenvalue weighted by Crippen LogP contribution is -2.41. The monoisotopic (exact) mass is 209 g/mol. The molecular formula is C8H10F3NS. The van der Waals surface area contributed by atoms with Crippen molar-refractivity contribution in [1.82, 2.24) is 5.32 Å². The smallest absolute Gasteiger partial charge is 0.309 e. The van der Waals surface area contributed by atoms with Crippen LogP contribution in [-0.2, 0) is 6.42 Å². The standard InChI is InChI=1S/C8H10F3NS/c1-12-7(8(9,10)11)5-6-3-2-4-13-6/h2-4,7,12H,5H2,1H3. The van der Waals surface area contributed by atoms with E-state index >= 15 is 0 Å². The molecule has 0 aliphatic carbocycles. The van der Waals surface area contributed by atoms with Gasteiger partial charge < -0.3 is 5.32 Å². The topological polar surface area (TPSA) is 12.0 Å². The van der Waals surface area contributed by atoms with E-state index < -0.39 is 12.2 Å². The van der Waals surface area contributed by atoms with Gasteiger partial charge >= 0.3 is 6.18 Å². The first-order chi connectivity index (χ1) is 6.04. The van der Waals surface area contributed by atoms with Crippen molar-refractivity contribution in [3.63, 3.8) is 0 Å². The highest BCUT2D eigenvalue weighted by atomic mass is 32.1. The molecule has 0 spiro atoms. The van der Waals surface area contributed by atoms with Crippen molar-refractivity contribution in [2.24, 2.45) is 0 Å². The molecule has 1 aromatic rings. The van der Waals surface area contributed by atoms with Crippen LogP contribution in [0.15, 0.2) is 17.5 Å². The molecule has 0 bridgehead atoms. The molecule has 0 aliphatic rings. The maximum Gasteiger partial charge on any atom is 0.404 e. The van der Waals surface area contributed by atoms with E-state index in [9.17, 15) is 13.2 Å². The Morgan fingerprint density at radius 3 is 2.62 bits per heavy atom. The summed E-state index contributed by atoms with van der Waals surface area (Å²) in [6.45, 7) is 0. The van der Waals surface area contributed by atoms with E-state index in [1.54, 1.807) is 17.5 Å². The summed E-state index contributed by atoms with van der Waals surface area (Å²) in [4.78, 5) is 0.747. The van der Waals surface area contributed by atoms with Gasteiger partial charge in [-0.3, -0.25) is 0 Å². The Kier molecular flexibility index (Phi) is 3.33. The first-order valence-electron chi connectivity index (χ1n) is 3.80. The van der Waals surface area contributed by atoms with Crippen LogP contribution < -0.4 is 5.32 Å². The second-order valence-corrected chi connectivity index (χ2v) is 3.70. The van der Waals surface area contributed by atoms with Crippen LogP contribution in [-0.4, -0.2) is 19.3 Å². The third kappa shape index (κ3) is 3.00. The molecule has 0 saturated carbocycles. The molecule has 1 N–H and O–H groups in total. The molecule has 74 valence electrons. The third-order valence-electron chi connectivity index (χ3n) is 1.73. The largest absolute Gasteiger partial charge is 0.404 e. The van der Waals surface area contributed by atoms with E-state index in [0.717, 1.165) is 4.88 Å². The van der Waals surface area contributed by atoms with Gasteiger partial charge in [0.2, 0.25) is 0 Å². The van der Waals surface area contributed by atoms with Crippen LogP contribution in [0.2, 0.25) is 0 Å². The molecule has 1 heterocycles. The van der Waals surface area contributed by atoms with E-state index in [2.05, 4.69) is 5.32 Å². The number of rotatable bonds is 3. The van der Waals surface area contributed by atoms with Gasteiger partial charge in [-0.1, -0.05) is 6.07 Å². The summed E-state index contributed by atoms with van der Waals surface area (Å²) in [5, 5.41) is 4.04. The Balaban J connectivity index is 2.60. The van der Waals surface area contributed by atoms with Crippen LogP contribution in [0.5, 0.6) is 0 Å². The lowest BCUT2D eigenvalue weighted by atomic mass is 10.2. The molecule has 0 amide bonds. The average molecular weight is 209 g/mol. The van der Waals surface area contributed by atoms with Crippen LogP contribution >= 0.6 is 11.3 Å². The van der Waals surface area contributed by atoms with Crippen molar-refractivity contribution < 1.29 is 13.2 Å². The highest BCUT2D eigenvalue weighted by Gasteiger charge is 2.38. The molecule has 1 nitrogen and oxygen atoms in total. The van der Waals surface area contributed by atoms with Gasteiger partial charge in [0.15, 0.2) is 0 Å². The summed E-state index contributed by atoms with van der Waals surface area (Å²) in [6, 6.07) is 2.02. The fourth-order valence-electron chi connectivity index (χ4n) is 1.01. The van der Waals surface area contributed by atoms with Crippen LogP contribution in [0, 0.1) is 0 Å². The summed E-state index contributed by atoms with van der Waals surface area (Å²) < 4.78 is 36.8. The number of hydrogen-bond donors (Lipinski definition) is 1. The summed E-state index contributed by atoms with van der Waals surface area (Å²) in [7, 11) is 1.33. The second-order valence-electron chi connectivity index (χ2n) is 2.67. The molecule has 5 heteroatoms. The minimum absolute atomic E-state index is 0.0116. The van der Waals surface area contributed by atoms with Gasteiger partial charge in [-0.15, -0.1) is 11.3 Å². The SMILES string of the molecule is CNC(Cc1cccs1)C(F)(F)F. The molecule has 0 saturated heterocycles. The first kappa shape index (κ1) is 10.5. The fourth-order valence-corrected chi connectivity index (χ4v) is 1.76. The van der Waals surface area contributed by atoms with Gasteiger partial charge in [0.05, 0.1) is 0 Å². The molecular weight excluding hydrogens is 199 g/mol. The van der Waals surface area contributed by atoms with Gasteiger partial charge in [-0.05, 0) is 18.5 Å². The van der Waals surface area contributed by atoms with Gasteiger partial charge in [0.25, 0.3) is 0 Å². The Morgan fingerprint density at radius 2 is 2.23 bits per heavy atom. The molecule has 1 rings (SSSR count). The third-order valence-corrected chi connectivity index (χ3v) is 2.63. The number of hydrogen-bond acceptors (Lipinski definition) is 2. The minimum atomic E-state index is -4.17. The van der Waals surface area contributed by atoms with Crippen molar-refractivity contribution in [2.45, 2.75) is 18.6 Å². The predicted molar refractivity (Wildman–Crippen MR) is 46.9 cm³/mol. The van der Waals surface area contributed by atoms with E-state index in [1.165, 1.54) is 18.4 Å². The molecule has 1 aromatic heterocycles. The fraction of sp³-hybridized carbons (Fsp3) is 0.500. The maximum absolute atomic E-state index is 12.3. The summed E-state index contributed by atoms with van der Waals surface area (Å²) in [5.41, 5.74) is 0. The number of nitrogens with one attached hydrogen (secondary N) is 1. The van der Waals surface area contributed by atoms with Crippen molar-refractivity contribution in [1.29, 1.82) is 0 Å².